The fourth-order valence-corrected chi connectivity index (χ4v) is 2.48. The summed E-state index contributed by atoms with van der Waals surface area (Å²) >= 11 is 0. The highest BCUT2D eigenvalue weighted by molar-refractivity contribution is 5.50. The van der Waals surface area contributed by atoms with Gasteiger partial charge in [0, 0.05) is 17.8 Å². The lowest BCUT2D eigenvalue weighted by molar-refractivity contribution is -0.128. The molecular weight excluding hydrogens is 287 g/mol. The number of fused-ring (bicyclic) bond motifs is 1. The van der Waals surface area contributed by atoms with Gasteiger partial charge in [0.2, 0.25) is 5.89 Å². The van der Waals surface area contributed by atoms with E-state index in [4.69, 9.17) is 4.52 Å². The smallest absolute Gasteiger partial charge is 0.346 e. The van der Waals surface area contributed by atoms with Crippen LogP contribution in [0.5, 0.6) is 0 Å². The molecule has 0 fully saturated rings. The minimum atomic E-state index is -4.33. The second kappa shape index (κ2) is 5.05. The van der Waals surface area contributed by atoms with Crippen LogP contribution in [0.3, 0.4) is 0 Å². The molecule has 6 nitrogen and oxygen atoms in total. The quantitative estimate of drug-likeness (QED) is 0.940. The number of hydrogen-bond donors (Lipinski definition) is 1. The molecule has 0 saturated carbocycles. The van der Waals surface area contributed by atoms with Crippen LogP contribution in [0.25, 0.3) is 0 Å². The number of halogens is 3. The molecule has 0 aliphatic carbocycles. The molecule has 2 aromatic heterocycles. The summed E-state index contributed by atoms with van der Waals surface area (Å²) in [5, 5.41) is 10.5. The van der Waals surface area contributed by atoms with Gasteiger partial charge in [0.1, 0.15) is 6.42 Å². The number of nitrogens with one attached hydrogen (secondary N) is 1. The first-order valence-electron chi connectivity index (χ1n) is 6.59. The number of hydrogen-bond acceptors (Lipinski definition) is 5. The van der Waals surface area contributed by atoms with E-state index >= 15 is 0 Å². The molecule has 1 aliphatic heterocycles. The summed E-state index contributed by atoms with van der Waals surface area (Å²) in [4.78, 5) is 5.73. The van der Waals surface area contributed by atoms with Crippen LogP contribution < -0.4 is 4.90 Å². The highest BCUT2D eigenvalue weighted by atomic mass is 19.4. The predicted octanol–water partition coefficient (Wildman–Crippen LogP) is 2.16. The standard InChI is InChI=1S/C12H14F3N5O/c1-7-8-3-2-4-20(11(8)18-17-7)6-10-16-9(19-21-10)5-12(13,14)15/h2-6H2,1H3,(H,17,18). The van der Waals surface area contributed by atoms with E-state index in [-0.39, 0.29) is 18.3 Å². The molecule has 114 valence electrons. The minimum Gasteiger partial charge on any atom is -0.346 e. The molecule has 21 heavy (non-hydrogen) atoms. The highest BCUT2D eigenvalue weighted by Crippen LogP contribution is 2.28. The van der Waals surface area contributed by atoms with Crippen molar-refractivity contribution in [3.63, 3.8) is 0 Å². The van der Waals surface area contributed by atoms with Crippen molar-refractivity contribution in [1.82, 2.24) is 20.3 Å². The molecule has 0 unspecified atom stereocenters. The van der Waals surface area contributed by atoms with Crippen molar-refractivity contribution < 1.29 is 17.7 Å². The van der Waals surface area contributed by atoms with Crippen molar-refractivity contribution in [1.29, 1.82) is 0 Å². The SMILES string of the molecule is Cc1[nH]nc2c1CCCN2Cc1nc(CC(F)(F)F)no1. The Labute approximate surface area is 118 Å². The van der Waals surface area contributed by atoms with Crippen LogP contribution in [-0.2, 0) is 19.4 Å². The summed E-state index contributed by atoms with van der Waals surface area (Å²) in [7, 11) is 0. The van der Waals surface area contributed by atoms with E-state index in [2.05, 4.69) is 20.3 Å². The first-order chi connectivity index (χ1) is 9.92. The van der Waals surface area contributed by atoms with Crippen molar-refractivity contribution in [2.45, 2.75) is 38.9 Å². The Kier molecular flexibility index (Phi) is 3.34. The molecule has 0 aromatic carbocycles. The Morgan fingerprint density at radius 2 is 2.19 bits per heavy atom. The number of aromatic amines is 1. The highest BCUT2D eigenvalue weighted by Gasteiger charge is 2.31. The Morgan fingerprint density at radius 3 is 2.95 bits per heavy atom. The molecule has 0 atom stereocenters. The van der Waals surface area contributed by atoms with E-state index in [1.54, 1.807) is 0 Å². The summed E-state index contributed by atoms with van der Waals surface area (Å²) in [6.45, 7) is 2.97. The fourth-order valence-electron chi connectivity index (χ4n) is 2.48. The molecule has 1 N–H and O–H groups in total. The Hall–Kier alpha value is -2.06. The van der Waals surface area contributed by atoms with E-state index in [0.717, 1.165) is 36.5 Å². The second-order valence-corrected chi connectivity index (χ2v) is 5.07. The molecule has 9 heteroatoms. The van der Waals surface area contributed by atoms with Crippen molar-refractivity contribution in [3.8, 4) is 0 Å². The average molecular weight is 301 g/mol. The number of H-pyrrole nitrogens is 1. The number of aryl methyl sites for hydroxylation is 1. The third-order valence-corrected chi connectivity index (χ3v) is 3.40. The van der Waals surface area contributed by atoms with Crippen LogP contribution in [0.4, 0.5) is 19.0 Å². The van der Waals surface area contributed by atoms with E-state index in [9.17, 15) is 13.2 Å². The van der Waals surface area contributed by atoms with Gasteiger partial charge < -0.3 is 9.42 Å². The van der Waals surface area contributed by atoms with E-state index in [1.165, 1.54) is 0 Å². The lowest BCUT2D eigenvalue weighted by Crippen LogP contribution is -2.29. The summed E-state index contributed by atoms with van der Waals surface area (Å²) in [5.41, 5.74) is 2.15. The predicted molar refractivity (Wildman–Crippen MR) is 66.8 cm³/mol. The van der Waals surface area contributed by atoms with Crippen LogP contribution in [0, 0.1) is 6.92 Å². The Bertz CT molecular complexity index is 633. The van der Waals surface area contributed by atoms with Gasteiger partial charge in [0.25, 0.3) is 0 Å². The van der Waals surface area contributed by atoms with Gasteiger partial charge in [-0.15, -0.1) is 0 Å². The van der Waals surface area contributed by atoms with Crippen molar-refractivity contribution in [3.05, 3.63) is 23.0 Å². The summed E-state index contributed by atoms with van der Waals surface area (Å²) in [6, 6.07) is 0. The molecule has 0 saturated heterocycles. The molecular formula is C12H14F3N5O. The van der Waals surface area contributed by atoms with Gasteiger partial charge in [-0.3, -0.25) is 5.10 Å². The molecule has 0 amide bonds. The maximum atomic E-state index is 12.3. The van der Waals surface area contributed by atoms with Crippen LogP contribution in [0.2, 0.25) is 0 Å². The van der Waals surface area contributed by atoms with Gasteiger partial charge >= 0.3 is 6.18 Å². The van der Waals surface area contributed by atoms with E-state index in [1.807, 2.05) is 11.8 Å². The molecule has 1 aliphatic rings. The average Bonchev–Trinajstić information content (AvgIpc) is 2.96. The normalized spacial score (nSPS) is 15.3. The molecule has 0 spiro atoms. The van der Waals surface area contributed by atoms with Gasteiger partial charge in [-0.05, 0) is 19.8 Å². The number of aromatic nitrogens is 4. The topological polar surface area (TPSA) is 70.8 Å². The molecule has 0 bridgehead atoms. The zero-order chi connectivity index (χ0) is 15.0. The van der Waals surface area contributed by atoms with Gasteiger partial charge in [0.15, 0.2) is 11.6 Å². The summed E-state index contributed by atoms with van der Waals surface area (Å²) < 4.78 is 41.7. The lowest BCUT2D eigenvalue weighted by Gasteiger charge is -2.26. The van der Waals surface area contributed by atoms with Crippen LogP contribution in [-0.4, -0.2) is 33.1 Å². The molecule has 0 radical (unpaired) electrons. The lowest BCUT2D eigenvalue weighted by atomic mass is 10.1. The number of anilines is 1. The third-order valence-electron chi connectivity index (χ3n) is 3.40. The van der Waals surface area contributed by atoms with Crippen molar-refractivity contribution >= 4 is 5.82 Å². The van der Waals surface area contributed by atoms with Crippen LogP contribution in [0.1, 0.15) is 29.4 Å². The van der Waals surface area contributed by atoms with Crippen molar-refractivity contribution in [2.75, 3.05) is 11.4 Å². The number of rotatable bonds is 3. The van der Waals surface area contributed by atoms with Gasteiger partial charge in [-0.1, -0.05) is 5.16 Å². The molecule has 2 aromatic rings. The zero-order valence-electron chi connectivity index (χ0n) is 11.4. The maximum absolute atomic E-state index is 12.3. The zero-order valence-corrected chi connectivity index (χ0v) is 11.4. The monoisotopic (exact) mass is 301 g/mol. The molecule has 3 heterocycles. The Morgan fingerprint density at radius 1 is 1.38 bits per heavy atom. The summed E-state index contributed by atoms with van der Waals surface area (Å²) in [5.74, 6) is 0.644. The van der Waals surface area contributed by atoms with E-state index in [0.29, 0.717) is 0 Å². The van der Waals surface area contributed by atoms with Crippen LogP contribution >= 0.6 is 0 Å². The Balaban J connectivity index is 1.73. The van der Waals surface area contributed by atoms with E-state index < -0.39 is 12.6 Å². The number of nitrogens with zero attached hydrogens (tertiary/aromatic N) is 4. The van der Waals surface area contributed by atoms with Gasteiger partial charge in [-0.25, -0.2) is 0 Å². The maximum Gasteiger partial charge on any atom is 0.396 e. The summed E-state index contributed by atoms with van der Waals surface area (Å²) in [6.07, 6.45) is -3.61. The molecule has 3 rings (SSSR count). The first-order valence-corrected chi connectivity index (χ1v) is 6.59. The van der Waals surface area contributed by atoms with Gasteiger partial charge in [-0.2, -0.15) is 23.3 Å². The van der Waals surface area contributed by atoms with Crippen LogP contribution in [0.15, 0.2) is 4.52 Å². The third kappa shape index (κ3) is 3.01. The first kappa shape index (κ1) is 13.9. The minimum absolute atomic E-state index is 0.169. The van der Waals surface area contributed by atoms with Crippen molar-refractivity contribution in [2.24, 2.45) is 0 Å². The largest absolute Gasteiger partial charge is 0.396 e. The fraction of sp³-hybridized carbons (Fsp3) is 0.583. The van der Waals surface area contributed by atoms with Gasteiger partial charge in [0.05, 0.1) is 6.54 Å². The second-order valence-electron chi connectivity index (χ2n) is 5.07. The number of alkyl halides is 3.